The Labute approximate surface area is 148 Å². The van der Waals surface area contributed by atoms with Gasteiger partial charge in [0, 0.05) is 17.6 Å². The molecule has 1 aromatic carbocycles. The lowest BCUT2D eigenvalue weighted by molar-refractivity contribution is 0.0941. The van der Waals surface area contributed by atoms with E-state index in [4.69, 9.17) is 0 Å². The zero-order valence-corrected chi connectivity index (χ0v) is 15.6. The number of aryl methyl sites for hydroxylation is 1. The maximum absolute atomic E-state index is 12.3. The molecule has 0 spiro atoms. The summed E-state index contributed by atoms with van der Waals surface area (Å²) in [5, 5.41) is 8.82. The van der Waals surface area contributed by atoms with E-state index in [1.807, 2.05) is 12.1 Å². The zero-order chi connectivity index (χ0) is 17.4. The summed E-state index contributed by atoms with van der Waals surface area (Å²) in [5.74, 6) is 0.468. The van der Waals surface area contributed by atoms with E-state index in [0.717, 1.165) is 23.8 Å². The van der Waals surface area contributed by atoms with Crippen LogP contribution in [0.5, 0.6) is 0 Å². The first-order valence-electron chi connectivity index (χ1n) is 8.69. The Bertz CT molecular complexity index is 654. The van der Waals surface area contributed by atoms with Crippen molar-refractivity contribution < 1.29 is 4.79 Å². The normalized spacial score (nSPS) is 12.0. The summed E-state index contributed by atoms with van der Waals surface area (Å²) in [6, 6.07) is 8.10. The number of nitrogens with zero attached hydrogens (tertiary/aromatic N) is 1. The van der Waals surface area contributed by atoms with Crippen molar-refractivity contribution in [1.82, 2.24) is 10.3 Å². The van der Waals surface area contributed by atoms with Gasteiger partial charge in [-0.05, 0) is 37.0 Å². The Hall–Kier alpha value is -1.88. The van der Waals surface area contributed by atoms with E-state index >= 15 is 0 Å². The molecule has 1 unspecified atom stereocenters. The Morgan fingerprint density at radius 1 is 1.33 bits per heavy atom. The van der Waals surface area contributed by atoms with Gasteiger partial charge in [-0.25, -0.2) is 4.98 Å². The molecule has 0 aliphatic carbocycles. The van der Waals surface area contributed by atoms with Gasteiger partial charge in [-0.1, -0.05) is 45.2 Å². The maximum Gasteiger partial charge on any atom is 0.270 e. The van der Waals surface area contributed by atoms with Gasteiger partial charge < -0.3 is 10.6 Å². The van der Waals surface area contributed by atoms with Crippen LogP contribution in [0.4, 0.5) is 10.8 Å². The van der Waals surface area contributed by atoms with E-state index in [0.29, 0.717) is 11.6 Å². The number of unbranched alkanes of at least 4 members (excludes halogenated alkanes) is 1. The Kier molecular flexibility index (Phi) is 7.25. The topological polar surface area (TPSA) is 54.0 Å². The van der Waals surface area contributed by atoms with Gasteiger partial charge >= 0.3 is 0 Å². The summed E-state index contributed by atoms with van der Waals surface area (Å²) < 4.78 is 0. The number of rotatable bonds is 9. The molecule has 5 heteroatoms. The van der Waals surface area contributed by atoms with Gasteiger partial charge in [0.1, 0.15) is 5.69 Å². The average molecular weight is 346 g/mol. The number of anilines is 2. The van der Waals surface area contributed by atoms with Crippen molar-refractivity contribution in [2.45, 2.75) is 46.5 Å². The third-order valence-corrected chi connectivity index (χ3v) is 4.86. The van der Waals surface area contributed by atoms with E-state index < -0.39 is 0 Å². The molecule has 2 rings (SSSR count). The van der Waals surface area contributed by atoms with Crippen molar-refractivity contribution in [1.29, 1.82) is 0 Å². The van der Waals surface area contributed by atoms with Crippen molar-refractivity contribution >= 4 is 28.1 Å². The van der Waals surface area contributed by atoms with Crippen LogP contribution in [0.1, 0.15) is 55.6 Å². The van der Waals surface area contributed by atoms with Gasteiger partial charge in [-0.2, -0.15) is 0 Å². The van der Waals surface area contributed by atoms with Gasteiger partial charge in [-0.3, -0.25) is 4.79 Å². The number of hydrogen-bond donors (Lipinski definition) is 2. The molecule has 1 atom stereocenters. The molecule has 1 aromatic heterocycles. The lowest BCUT2D eigenvalue weighted by Crippen LogP contribution is -2.29. The highest BCUT2D eigenvalue weighted by molar-refractivity contribution is 7.14. The van der Waals surface area contributed by atoms with E-state index in [9.17, 15) is 4.79 Å². The highest BCUT2D eigenvalue weighted by atomic mass is 32.1. The van der Waals surface area contributed by atoms with Crippen molar-refractivity contribution in [2.75, 3.05) is 11.9 Å². The fourth-order valence-electron chi connectivity index (χ4n) is 2.55. The highest BCUT2D eigenvalue weighted by Crippen LogP contribution is 2.21. The van der Waals surface area contributed by atoms with Gasteiger partial charge in [-0.15, -0.1) is 11.3 Å². The highest BCUT2D eigenvalue weighted by Gasteiger charge is 2.13. The minimum absolute atomic E-state index is 0.0847. The van der Waals surface area contributed by atoms with Crippen LogP contribution in [-0.2, 0) is 0 Å². The average Bonchev–Trinajstić information content (AvgIpc) is 3.03. The van der Waals surface area contributed by atoms with Crippen molar-refractivity contribution in [3.8, 4) is 0 Å². The second-order valence-electron chi connectivity index (χ2n) is 6.16. The monoisotopic (exact) mass is 345 g/mol. The third-order valence-electron chi connectivity index (χ3n) is 4.10. The molecule has 0 aliphatic rings. The molecule has 0 fully saturated rings. The molecular formula is C19H27N3OS. The standard InChI is InChI=1S/C19H27N3OS/c1-4-6-9-15(5-2)12-20-18(23)17-13-24-19(22-17)21-16-10-7-8-14(3)11-16/h7-8,10-11,13,15H,4-6,9,12H2,1-3H3,(H,20,23)(H,21,22). The van der Waals surface area contributed by atoms with Crippen LogP contribution in [0.15, 0.2) is 29.6 Å². The zero-order valence-electron chi connectivity index (χ0n) is 14.8. The number of aromatic nitrogens is 1. The lowest BCUT2D eigenvalue weighted by atomic mass is 9.99. The van der Waals surface area contributed by atoms with E-state index in [2.05, 4.69) is 48.5 Å². The van der Waals surface area contributed by atoms with E-state index in [1.54, 1.807) is 5.38 Å². The number of thiazole rings is 1. The molecule has 4 nitrogen and oxygen atoms in total. The fourth-order valence-corrected chi connectivity index (χ4v) is 3.26. The molecule has 24 heavy (non-hydrogen) atoms. The number of benzene rings is 1. The van der Waals surface area contributed by atoms with E-state index in [-0.39, 0.29) is 5.91 Å². The summed E-state index contributed by atoms with van der Waals surface area (Å²) in [7, 11) is 0. The molecule has 1 amide bonds. The van der Waals surface area contributed by atoms with Crippen molar-refractivity contribution in [3.63, 3.8) is 0 Å². The Morgan fingerprint density at radius 2 is 2.17 bits per heavy atom. The second kappa shape index (κ2) is 9.42. The van der Waals surface area contributed by atoms with Crippen LogP contribution in [0.2, 0.25) is 0 Å². The van der Waals surface area contributed by atoms with Crippen LogP contribution in [0, 0.1) is 12.8 Å². The number of nitrogens with one attached hydrogen (secondary N) is 2. The number of carbonyl (C=O) groups is 1. The summed E-state index contributed by atoms with van der Waals surface area (Å²) in [5.41, 5.74) is 2.66. The van der Waals surface area contributed by atoms with Crippen molar-refractivity contribution in [2.24, 2.45) is 5.92 Å². The van der Waals surface area contributed by atoms with Crippen LogP contribution >= 0.6 is 11.3 Å². The molecule has 0 saturated carbocycles. The summed E-state index contributed by atoms with van der Waals surface area (Å²) >= 11 is 1.45. The molecule has 2 N–H and O–H groups in total. The molecule has 130 valence electrons. The minimum atomic E-state index is -0.0847. The number of hydrogen-bond acceptors (Lipinski definition) is 4. The van der Waals surface area contributed by atoms with Gasteiger partial charge in [0.25, 0.3) is 5.91 Å². The van der Waals surface area contributed by atoms with Gasteiger partial charge in [0.2, 0.25) is 0 Å². The van der Waals surface area contributed by atoms with Crippen LogP contribution < -0.4 is 10.6 Å². The maximum atomic E-state index is 12.3. The molecule has 2 aromatic rings. The number of carbonyl (C=O) groups excluding carboxylic acids is 1. The van der Waals surface area contributed by atoms with E-state index in [1.165, 1.54) is 36.2 Å². The summed E-state index contributed by atoms with van der Waals surface area (Å²) in [6.07, 6.45) is 4.68. The molecular weight excluding hydrogens is 318 g/mol. The van der Waals surface area contributed by atoms with Crippen molar-refractivity contribution in [3.05, 3.63) is 40.9 Å². The molecule has 0 saturated heterocycles. The van der Waals surface area contributed by atoms with Gasteiger partial charge in [0.15, 0.2) is 5.13 Å². The van der Waals surface area contributed by atoms with Crippen LogP contribution in [0.25, 0.3) is 0 Å². The summed E-state index contributed by atoms with van der Waals surface area (Å²) in [6.45, 7) is 7.16. The molecule has 0 radical (unpaired) electrons. The smallest absolute Gasteiger partial charge is 0.270 e. The van der Waals surface area contributed by atoms with Crippen LogP contribution in [-0.4, -0.2) is 17.4 Å². The lowest BCUT2D eigenvalue weighted by Gasteiger charge is -2.14. The molecule has 0 aliphatic heterocycles. The predicted molar refractivity (Wildman–Crippen MR) is 102 cm³/mol. The Balaban J connectivity index is 1.88. The SMILES string of the molecule is CCCCC(CC)CNC(=O)c1csc(Nc2cccc(C)c2)n1. The summed E-state index contributed by atoms with van der Waals surface area (Å²) in [4.78, 5) is 16.7. The first-order valence-corrected chi connectivity index (χ1v) is 9.57. The Morgan fingerprint density at radius 3 is 2.88 bits per heavy atom. The first kappa shape index (κ1) is 18.5. The largest absolute Gasteiger partial charge is 0.350 e. The van der Waals surface area contributed by atoms with Crippen LogP contribution in [0.3, 0.4) is 0 Å². The fraction of sp³-hybridized carbons (Fsp3) is 0.474. The molecule has 0 bridgehead atoms. The minimum Gasteiger partial charge on any atom is -0.350 e. The number of amides is 1. The quantitative estimate of drug-likeness (QED) is 0.661. The third kappa shape index (κ3) is 5.64. The second-order valence-corrected chi connectivity index (χ2v) is 7.02. The molecule has 1 heterocycles. The first-order chi connectivity index (χ1) is 11.6. The van der Waals surface area contributed by atoms with Gasteiger partial charge in [0.05, 0.1) is 0 Å². The predicted octanol–water partition coefficient (Wildman–Crippen LogP) is 5.14.